The van der Waals surface area contributed by atoms with Gasteiger partial charge in [-0.25, -0.2) is 4.39 Å². The molecule has 3 saturated carbocycles. The molecule has 2 aromatic carbocycles. The van der Waals surface area contributed by atoms with Crippen molar-refractivity contribution in [3.8, 4) is 5.75 Å². The molecule has 2 unspecified atom stereocenters. The van der Waals surface area contributed by atoms with Crippen LogP contribution in [0.4, 0.5) is 4.39 Å². The quantitative estimate of drug-likeness (QED) is 0.531. The topological polar surface area (TPSA) is 88.7 Å². The van der Waals surface area contributed by atoms with Crippen molar-refractivity contribution in [2.24, 2.45) is 5.92 Å². The van der Waals surface area contributed by atoms with Crippen molar-refractivity contribution in [1.29, 1.82) is 0 Å². The predicted molar refractivity (Wildman–Crippen MR) is 124 cm³/mol. The van der Waals surface area contributed by atoms with Crippen molar-refractivity contribution in [3.63, 3.8) is 0 Å². The van der Waals surface area contributed by atoms with Crippen LogP contribution in [0, 0.1) is 11.7 Å². The van der Waals surface area contributed by atoms with E-state index in [1.54, 1.807) is 0 Å². The molecule has 1 heterocycles. The summed E-state index contributed by atoms with van der Waals surface area (Å²) in [4.78, 5) is 30.7. The van der Waals surface area contributed by atoms with Gasteiger partial charge in [-0.05, 0) is 55.0 Å². The number of benzene rings is 2. The summed E-state index contributed by atoms with van der Waals surface area (Å²) in [6.07, 6.45) is 2.20. The number of ether oxygens (including phenoxy) is 1. The fourth-order valence-electron chi connectivity index (χ4n) is 5.16. The van der Waals surface area contributed by atoms with E-state index in [-0.39, 0.29) is 46.8 Å². The second-order valence-corrected chi connectivity index (χ2v) is 10.1. The zero-order valence-electron chi connectivity index (χ0n) is 18.2. The third-order valence-electron chi connectivity index (χ3n) is 6.85. The fourth-order valence-corrected chi connectivity index (χ4v) is 5.41. The molecule has 7 nitrogen and oxygen atoms in total. The molecule has 0 spiro atoms. The van der Waals surface area contributed by atoms with Gasteiger partial charge in [-0.15, -0.1) is 0 Å². The third kappa shape index (κ3) is 4.86. The van der Waals surface area contributed by atoms with Gasteiger partial charge in [0.25, 0.3) is 11.8 Å². The summed E-state index contributed by atoms with van der Waals surface area (Å²) in [6, 6.07) is 11.4. The van der Waals surface area contributed by atoms with E-state index in [0.717, 1.165) is 24.5 Å². The van der Waals surface area contributed by atoms with Crippen molar-refractivity contribution in [2.75, 3.05) is 6.61 Å². The molecule has 1 aliphatic heterocycles. The van der Waals surface area contributed by atoms with Crippen LogP contribution in [0.2, 0.25) is 10.0 Å². The van der Waals surface area contributed by atoms with Crippen LogP contribution < -0.4 is 20.9 Å². The Morgan fingerprint density at radius 1 is 1.15 bits per heavy atom. The van der Waals surface area contributed by atoms with Crippen molar-refractivity contribution in [1.82, 2.24) is 16.1 Å². The highest BCUT2D eigenvalue weighted by Crippen LogP contribution is 2.52. The largest absolute Gasteiger partial charge is 0.484 e. The van der Waals surface area contributed by atoms with E-state index in [0.29, 0.717) is 23.8 Å². The molecule has 6 rings (SSSR count). The summed E-state index contributed by atoms with van der Waals surface area (Å²) in [5, 5.41) is 6.78. The summed E-state index contributed by atoms with van der Waals surface area (Å²) in [6.45, 7) is -0.224. The van der Waals surface area contributed by atoms with E-state index >= 15 is 0 Å². The summed E-state index contributed by atoms with van der Waals surface area (Å²) >= 11 is 11.6. The Labute approximate surface area is 206 Å². The number of hydrogen-bond donors (Lipinski definition) is 3. The lowest BCUT2D eigenvalue weighted by molar-refractivity contribution is -0.134. The molecule has 34 heavy (non-hydrogen) atoms. The third-order valence-corrected chi connectivity index (χ3v) is 7.40. The lowest BCUT2D eigenvalue weighted by Crippen LogP contribution is -2.53. The maximum Gasteiger partial charge on any atom is 0.258 e. The molecule has 3 atom stereocenters. The van der Waals surface area contributed by atoms with Gasteiger partial charge in [0, 0.05) is 29.1 Å². The van der Waals surface area contributed by atoms with Crippen molar-refractivity contribution in [2.45, 2.75) is 49.4 Å². The minimum absolute atomic E-state index is 0.00506. The number of halogens is 3. The number of carbonyl (C=O) groups is 2. The first kappa shape index (κ1) is 23.4. The van der Waals surface area contributed by atoms with E-state index < -0.39 is 11.9 Å². The minimum Gasteiger partial charge on any atom is -0.484 e. The zero-order chi connectivity index (χ0) is 23.9. The van der Waals surface area contributed by atoms with Gasteiger partial charge in [0.1, 0.15) is 11.6 Å². The molecule has 180 valence electrons. The average Bonchev–Trinajstić information content (AvgIpc) is 3.48. The molecule has 2 aromatic rings. The lowest BCUT2D eigenvalue weighted by Gasteiger charge is -2.39. The van der Waals surface area contributed by atoms with E-state index in [2.05, 4.69) is 16.1 Å². The zero-order valence-corrected chi connectivity index (χ0v) is 19.7. The molecule has 4 aliphatic rings. The van der Waals surface area contributed by atoms with E-state index in [1.165, 1.54) is 12.1 Å². The Bertz CT molecular complexity index is 1090. The van der Waals surface area contributed by atoms with Crippen molar-refractivity contribution >= 4 is 35.0 Å². The van der Waals surface area contributed by atoms with E-state index in [1.807, 2.05) is 24.3 Å². The SMILES string of the molecule is O=C(COc1ccc(Cl)c(F)c1)NC12CC(C1)[C@@H](NC(=O)C1CC(c3ccc(Cl)cc3)NO1)C2. The second-order valence-electron chi connectivity index (χ2n) is 9.24. The number of amides is 2. The number of nitrogens with one attached hydrogen (secondary N) is 3. The van der Waals surface area contributed by atoms with Crippen LogP contribution >= 0.6 is 23.2 Å². The molecule has 3 N–H and O–H groups in total. The Hall–Kier alpha value is -2.39. The van der Waals surface area contributed by atoms with Crippen LogP contribution in [0.3, 0.4) is 0 Å². The Morgan fingerprint density at radius 2 is 1.91 bits per heavy atom. The van der Waals surface area contributed by atoms with Crippen LogP contribution in [0.1, 0.15) is 37.3 Å². The van der Waals surface area contributed by atoms with Gasteiger partial charge in [-0.2, -0.15) is 5.48 Å². The number of hydroxylamine groups is 1. The summed E-state index contributed by atoms with van der Waals surface area (Å²) in [7, 11) is 0. The van der Waals surface area contributed by atoms with E-state index in [9.17, 15) is 14.0 Å². The highest BCUT2D eigenvalue weighted by molar-refractivity contribution is 6.30. The molecular weight excluding hydrogens is 484 g/mol. The molecule has 4 fully saturated rings. The second kappa shape index (κ2) is 9.34. The number of fused-ring (bicyclic) bond motifs is 1. The standard InChI is InChI=1S/C24H24Cl2FN3O4/c25-15-3-1-13(2-4-15)19-8-21(34-30-19)23(32)28-20-11-24(9-14(20)10-24)29-22(31)12-33-16-5-6-17(26)18(27)7-16/h1-7,14,19-21,30H,8-12H2,(H,28,32)(H,29,31)/t14?,19?,20-,21?,24?/m0/s1. The molecule has 0 aromatic heterocycles. The normalized spacial score (nSPS) is 29.4. The Kier molecular flexibility index (Phi) is 6.41. The van der Waals surface area contributed by atoms with Crippen molar-refractivity contribution in [3.05, 3.63) is 63.9 Å². The first-order valence-corrected chi connectivity index (χ1v) is 11.9. The van der Waals surface area contributed by atoms with Crippen LogP contribution in [0.25, 0.3) is 0 Å². The van der Waals surface area contributed by atoms with Crippen LogP contribution in [-0.4, -0.2) is 36.1 Å². The molecule has 1 saturated heterocycles. The molecule has 2 bridgehead atoms. The number of hydrogen-bond acceptors (Lipinski definition) is 5. The first-order valence-electron chi connectivity index (χ1n) is 11.2. The summed E-state index contributed by atoms with van der Waals surface area (Å²) in [5.41, 5.74) is 3.60. The summed E-state index contributed by atoms with van der Waals surface area (Å²) in [5.74, 6) is -0.488. The van der Waals surface area contributed by atoms with Gasteiger partial charge in [0.15, 0.2) is 12.7 Å². The molecule has 0 radical (unpaired) electrons. The van der Waals surface area contributed by atoms with Gasteiger partial charge in [0.2, 0.25) is 0 Å². The molecule has 3 aliphatic carbocycles. The van der Waals surface area contributed by atoms with Gasteiger partial charge in [0.05, 0.1) is 11.1 Å². The smallest absolute Gasteiger partial charge is 0.258 e. The van der Waals surface area contributed by atoms with Gasteiger partial charge >= 0.3 is 0 Å². The maximum absolute atomic E-state index is 13.5. The minimum atomic E-state index is -0.602. The van der Waals surface area contributed by atoms with Crippen molar-refractivity contribution < 1.29 is 23.6 Å². The molecule has 10 heteroatoms. The maximum atomic E-state index is 13.5. The highest BCUT2D eigenvalue weighted by Gasteiger charge is 2.57. The molecular formula is C24H24Cl2FN3O4. The van der Waals surface area contributed by atoms with Gasteiger partial charge < -0.3 is 15.4 Å². The lowest BCUT2D eigenvalue weighted by atomic mass is 9.76. The molecule has 2 amide bonds. The first-order chi connectivity index (χ1) is 16.3. The highest BCUT2D eigenvalue weighted by atomic mass is 35.5. The monoisotopic (exact) mass is 507 g/mol. The van der Waals surface area contributed by atoms with E-state index in [4.69, 9.17) is 32.8 Å². The number of carbonyl (C=O) groups excluding carboxylic acids is 2. The summed E-state index contributed by atoms with van der Waals surface area (Å²) < 4.78 is 18.9. The predicted octanol–water partition coefficient (Wildman–Crippen LogP) is 3.70. The van der Waals surface area contributed by atoms with Gasteiger partial charge in [-0.1, -0.05) is 35.3 Å². The Balaban J connectivity index is 1.08. The van der Waals surface area contributed by atoms with Crippen LogP contribution in [0.15, 0.2) is 42.5 Å². The average molecular weight is 508 g/mol. The van der Waals surface area contributed by atoms with Gasteiger partial charge in [-0.3, -0.25) is 14.4 Å². The number of rotatable bonds is 7. The van der Waals surface area contributed by atoms with Crippen LogP contribution in [0.5, 0.6) is 5.75 Å². The fraction of sp³-hybridized carbons (Fsp3) is 0.417. The van der Waals surface area contributed by atoms with Crippen LogP contribution in [-0.2, 0) is 14.4 Å². The Morgan fingerprint density at radius 3 is 2.65 bits per heavy atom.